The van der Waals surface area contributed by atoms with Crippen LogP contribution in [0.4, 0.5) is 10.1 Å². The number of ether oxygens (including phenoxy) is 1. The van der Waals surface area contributed by atoms with Gasteiger partial charge in [0, 0.05) is 19.2 Å². The Morgan fingerprint density at radius 1 is 1.18 bits per heavy atom. The molecular weight excluding hydrogens is 455 g/mol. The van der Waals surface area contributed by atoms with Crippen LogP contribution < -0.4 is 21.1 Å². The fourth-order valence-electron chi connectivity index (χ4n) is 4.26. The highest BCUT2D eigenvalue weighted by molar-refractivity contribution is 6.33. The van der Waals surface area contributed by atoms with Crippen molar-refractivity contribution in [3.63, 3.8) is 0 Å². The monoisotopic (exact) mass is 490 g/mol. The van der Waals surface area contributed by atoms with Crippen LogP contribution in [0, 0.1) is 11.7 Å². The van der Waals surface area contributed by atoms with Gasteiger partial charge in [-0.25, -0.2) is 4.39 Å². The minimum absolute atomic E-state index is 0.186. The van der Waals surface area contributed by atoms with Crippen LogP contribution in [0.2, 0.25) is 5.02 Å². The lowest BCUT2D eigenvalue weighted by Gasteiger charge is -2.32. The molecule has 0 radical (unpaired) electrons. The molecule has 0 unspecified atom stereocenters. The SMILES string of the molecule is COc1cc(N)c(Cl)cc1C(=O)NCC1CCN(CCCCCNCc2ccc(F)cc2)CC1. The molecule has 0 bridgehead atoms. The van der Waals surface area contributed by atoms with E-state index in [9.17, 15) is 9.18 Å². The second-order valence-electron chi connectivity index (χ2n) is 8.93. The quantitative estimate of drug-likeness (QED) is 0.302. The Bertz CT molecular complexity index is 918. The van der Waals surface area contributed by atoms with Gasteiger partial charge in [-0.1, -0.05) is 30.2 Å². The number of amides is 1. The van der Waals surface area contributed by atoms with Gasteiger partial charge in [0.15, 0.2) is 0 Å². The molecule has 3 rings (SSSR count). The van der Waals surface area contributed by atoms with Gasteiger partial charge >= 0.3 is 0 Å². The zero-order valence-electron chi connectivity index (χ0n) is 19.9. The Morgan fingerprint density at radius 2 is 1.91 bits per heavy atom. The van der Waals surface area contributed by atoms with Crippen LogP contribution in [-0.4, -0.2) is 50.6 Å². The molecule has 2 aromatic carbocycles. The number of methoxy groups -OCH3 is 1. The third-order valence-electron chi connectivity index (χ3n) is 6.39. The summed E-state index contributed by atoms with van der Waals surface area (Å²) in [5.74, 6) is 0.530. The smallest absolute Gasteiger partial charge is 0.255 e. The third kappa shape index (κ3) is 8.15. The number of rotatable bonds is 12. The molecule has 0 aliphatic carbocycles. The van der Waals surface area contributed by atoms with Crippen molar-refractivity contribution >= 4 is 23.2 Å². The molecule has 1 amide bonds. The van der Waals surface area contributed by atoms with Gasteiger partial charge in [-0.15, -0.1) is 0 Å². The number of nitrogen functional groups attached to an aromatic ring is 1. The first-order valence-corrected chi connectivity index (χ1v) is 12.4. The second-order valence-corrected chi connectivity index (χ2v) is 9.34. The van der Waals surface area contributed by atoms with Gasteiger partial charge in [-0.05, 0) is 81.5 Å². The van der Waals surface area contributed by atoms with Crippen LogP contribution in [0.15, 0.2) is 36.4 Å². The van der Waals surface area contributed by atoms with E-state index >= 15 is 0 Å². The number of benzene rings is 2. The number of carbonyl (C=O) groups is 1. The van der Waals surface area contributed by atoms with E-state index in [-0.39, 0.29) is 11.7 Å². The third-order valence-corrected chi connectivity index (χ3v) is 6.72. The number of likely N-dealkylation sites (tertiary alicyclic amines) is 1. The largest absolute Gasteiger partial charge is 0.496 e. The number of hydrogen-bond acceptors (Lipinski definition) is 5. The maximum Gasteiger partial charge on any atom is 0.255 e. The van der Waals surface area contributed by atoms with Gasteiger partial charge < -0.3 is 26.0 Å². The number of nitrogens with zero attached hydrogens (tertiary/aromatic N) is 1. The van der Waals surface area contributed by atoms with E-state index in [1.165, 1.54) is 32.1 Å². The molecule has 1 heterocycles. The Morgan fingerprint density at radius 3 is 2.62 bits per heavy atom. The van der Waals surface area contributed by atoms with E-state index in [0.29, 0.717) is 34.5 Å². The summed E-state index contributed by atoms with van der Waals surface area (Å²) in [7, 11) is 1.51. The summed E-state index contributed by atoms with van der Waals surface area (Å²) in [4.78, 5) is 15.1. The van der Waals surface area contributed by atoms with Crippen molar-refractivity contribution < 1.29 is 13.9 Å². The first kappa shape index (κ1) is 26.3. The van der Waals surface area contributed by atoms with Crippen LogP contribution in [0.25, 0.3) is 0 Å². The van der Waals surface area contributed by atoms with Crippen molar-refractivity contribution in [2.75, 3.05) is 45.6 Å². The highest BCUT2D eigenvalue weighted by atomic mass is 35.5. The van der Waals surface area contributed by atoms with Crippen molar-refractivity contribution in [3.8, 4) is 5.75 Å². The van der Waals surface area contributed by atoms with E-state index < -0.39 is 0 Å². The number of hydrogen-bond donors (Lipinski definition) is 3. The zero-order chi connectivity index (χ0) is 24.3. The summed E-state index contributed by atoms with van der Waals surface area (Å²) in [6.45, 7) is 5.67. The molecule has 1 aliphatic heterocycles. The maximum absolute atomic E-state index is 12.9. The highest BCUT2D eigenvalue weighted by Crippen LogP contribution is 2.29. The molecule has 0 spiro atoms. The first-order chi connectivity index (χ1) is 16.5. The fraction of sp³-hybridized carbons (Fsp3) is 0.500. The molecule has 34 heavy (non-hydrogen) atoms. The summed E-state index contributed by atoms with van der Waals surface area (Å²) < 4.78 is 18.2. The van der Waals surface area contributed by atoms with Crippen molar-refractivity contribution in [1.82, 2.24) is 15.5 Å². The van der Waals surface area contributed by atoms with E-state index in [4.69, 9.17) is 22.1 Å². The van der Waals surface area contributed by atoms with Gasteiger partial charge in [0.2, 0.25) is 0 Å². The highest BCUT2D eigenvalue weighted by Gasteiger charge is 2.21. The van der Waals surface area contributed by atoms with Crippen molar-refractivity contribution in [1.29, 1.82) is 0 Å². The Kier molecular flexibility index (Phi) is 10.4. The number of nitrogens with one attached hydrogen (secondary N) is 2. The molecule has 0 saturated carbocycles. The number of piperidine rings is 1. The molecule has 6 nitrogen and oxygen atoms in total. The van der Waals surface area contributed by atoms with Crippen LogP contribution in [0.1, 0.15) is 48.0 Å². The Balaban J connectivity index is 1.25. The van der Waals surface area contributed by atoms with Gasteiger partial charge in [0.05, 0.1) is 23.4 Å². The van der Waals surface area contributed by atoms with Crippen molar-refractivity contribution in [2.45, 2.75) is 38.6 Å². The van der Waals surface area contributed by atoms with E-state index in [1.807, 2.05) is 12.1 Å². The summed E-state index contributed by atoms with van der Waals surface area (Å²) in [5, 5.41) is 6.80. The number of nitrogens with two attached hydrogens (primary N) is 1. The molecule has 2 aromatic rings. The molecule has 8 heteroatoms. The minimum atomic E-state index is -0.193. The topological polar surface area (TPSA) is 79.6 Å². The molecule has 1 aliphatic rings. The van der Waals surface area contributed by atoms with Gasteiger partial charge in [-0.2, -0.15) is 0 Å². The van der Waals surface area contributed by atoms with E-state index in [0.717, 1.165) is 57.5 Å². The lowest BCUT2D eigenvalue weighted by molar-refractivity contribution is 0.0933. The number of unbranched alkanes of at least 4 members (excludes halogenated alkanes) is 2. The average molecular weight is 491 g/mol. The van der Waals surface area contributed by atoms with Gasteiger partial charge in [0.1, 0.15) is 11.6 Å². The molecular formula is C26H36ClFN4O2. The summed E-state index contributed by atoms with van der Waals surface area (Å²) in [6, 6.07) is 9.79. The average Bonchev–Trinajstić information content (AvgIpc) is 2.85. The lowest BCUT2D eigenvalue weighted by atomic mass is 9.96. The molecule has 1 saturated heterocycles. The van der Waals surface area contributed by atoms with Crippen LogP contribution >= 0.6 is 11.6 Å². The first-order valence-electron chi connectivity index (χ1n) is 12.0. The van der Waals surface area contributed by atoms with Crippen molar-refractivity contribution in [2.24, 2.45) is 5.92 Å². The molecule has 186 valence electrons. The predicted octanol–water partition coefficient (Wildman–Crippen LogP) is 4.47. The minimum Gasteiger partial charge on any atom is -0.496 e. The predicted molar refractivity (Wildman–Crippen MR) is 136 cm³/mol. The zero-order valence-corrected chi connectivity index (χ0v) is 20.7. The Hall–Kier alpha value is -2.35. The normalized spacial score (nSPS) is 14.8. The summed E-state index contributed by atoms with van der Waals surface area (Å²) in [6.07, 6.45) is 5.69. The van der Waals surface area contributed by atoms with Crippen molar-refractivity contribution in [3.05, 3.63) is 58.4 Å². The number of halogens is 2. The summed E-state index contributed by atoms with van der Waals surface area (Å²) in [5.41, 5.74) is 7.71. The van der Waals surface area contributed by atoms with E-state index in [1.54, 1.807) is 12.1 Å². The number of anilines is 1. The van der Waals surface area contributed by atoms with Crippen LogP contribution in [0.5, 0.6) is 5.75 Å². The maximum atomic E-state index is 12.9. The molecule has 4 N–H and O–H groups in total. The van der Waals surface area contributed by atoms with E-state index in [2.05, 4.69) is 15.5 Å². The fourth-order valence-corrected chi connectivity index (χ4v) is 4.42. The molecule has 0 aromatic heterocycles. The lowest BCUT2D eigenvalue weighted by Crippen LogP contribution is -2.39. The van der Waals surface area contributed by atoms with Crippen LogP contribution in [-0.2, 0) is 6.54 Å². The van der Waals surface area contributed by atoms with Gasteiger partial charge in [0.25, 0.3) is 5.91 Å². The number of carbonyl (C=O) groups excluding carboxylic acids is 1. The summed E-state index contributed by atoms with van der Waals surface area (Å²) >= 11 is 6.08. The standard InChI is InChI=1S/C26H36ClFN4O2/c1-34-25-16-24(29)23(27)15-22(25)26(33)31-18-20-9-13-32(14-10-20)12-4-2-3-11-30-17-19-5-7-21(28)8-6-19/h5-8,15-16,20,30H,2-4,9-14,17-18,29H2,1H3,(H,31,33). The molecule has 0 atom stereocenters. The van der Waals surface area contributed by atoms with Gasteiger partial charge in [-0.3, -0.25) is 4.79 Å². The molecule has 1 fully saturated rings. The second kappa shape index (κ2) is 13.5. The Labute approximate surface area is 207 Å². The van der Waals surface area contributed by atoms with Crippen LogP contribution in [0.3, 0.4) is 0 Å².